The van der Waals surface area contributed by atoms with Crippen molar-refractivity contribution in [3.05, 3.63) is 14.4 Å². The van der Waals surface area contributed by atoms with Gasteiger partial charge in [0.1, 0.15) is 5.79 Å². The summed E-state index contributed by atoms with van der Waals surface area (Å²) in [6.07, 6.45) is 0.688. The van der Waals surface area contributed by atoms with Crippen LogP contribution in [0.2, 0.25) is 0 Å². The van der Waals surface area contributed by atoms with Gasteiger partial charge in [0, 0.05) is 32.7 Å². The Labute approximate surface area is 82.2 Å². The zero-order chi connectivity index (χ0) is 5.33. The maximum absolute atomic E-state index is 4.98. The summed E-state index contributed by atoms with van der Waals surface area (Å²) < 4.78 is 9.97. The van der Waals surface area contributed by atoms with Gasteiger partial charge in [0.2, 0.25) is 0 Å². The fourth-order valence-electron chi connectivity index (χ4n) is 0.404. The molecule has 1 aliphatic rings. The van der Waals surface area contributed by atoms with Crippen molar-refractivity contribution < 1.29 is 42.2 Å². The van der Waals surface area contributed by atoms with Crippen LogP contribution in [0.15, 0.2) is 0 Å². The van der Waals surface area contributed by atoms with Gasteiger partial charge in [-0.1, -0.05) is 0 Å². The third kappa shape index (κ3) is 3.08. The Morgan fingerprint density at radius 3 is 2.00 bits per heavy atom. The zero-order valence-corrected chi connectivity index (χ0v) is 8.85. The van der Waals surface area contributed by atoms with Crippen molar-refractivity contribution in [1.29, 1.82) is 0 Å². The predicted molar refractivity (Wildman–Crippen MR) is 31.8 cm³/mol. The van der Waals surface area contributed by atoms with Crippen molar-refractivity contribution in [1.82, 2.24) is 0 Å². The second-order valence-corrected chi connectivity index (χ2v) is 1.79. The fraction of sp³-hybridized carbons (Fsp3) is 0.667. The molecule has 1 rings (SSSR count). The average molecular weight is 205 g/mol. The molecule has 1 saturated heterocycles. The molecule has 0 atom stereocenters. The van der Waals surface area contributed by atoms with E-state index in [1.165, 1.54) is 0 Å². The molecule has 0 amide bonds. The van der Waals surface area contributed by atoms with E-state index in [-0.39, 0.29) is 45.9 Å². The van der Waals surface area contributed by atoms with Crippen LogP contribution in [0.5, 0.6) is 0 Å². The van der Waals surface area contributed by atoms with Gasteiger partial charge in [-0.25, -0.2) is 0 Å². The van der Waals surface area contributed by atoms with Gasteiger partial charge in [0.25, 0.3) is 0 Å². The van der Waals surface area contributed by atoms with E-state index in [2.05, 4.69) is 6.92 Å². The largest absolute Gasteiger partial charge is 0.358 e. The summed E-state index contributed by atoms with van der Waals surface area (Å²) in [6.45, 7) is 5.94. The van der Waals surface area contributed by atoms with E-state index < -0.39 is 0 Å². The summed E-state index contributed by atoms with van der Waals surface area (Å²) >= 11 is 0. The standard InChI is InChI=1S/C5H9O2.CH3.Y/c1-3-5(2)6-4-7-5;;/h1,3-4H2,2H3;1H3;/q2*-1;. The molecule has 1 aliphatic heterocycles. The minimum atomic E-state index is -0.347. The maximum atomic E-state index is 4.98. The van der Waals surface area contributed by atoms with Crippen LogP contribution in [0.25, 0.3) is 0 Å². The van der Waals surface area contributed by atoms with E-state index in [1.54, 1.807) is 0 Å². The van der Waals surface area contributed by atoms with E-state index in [9.17, 15) is 0 Å². The van der Waals surface area contributed by atoms with E-state index in [0.717, 1.165) is 0 Å². The van der Waals surface area contributed by atoms with E-state index in [4.69, 9.17) is 9.47 Å². The molecule has 0 saturated carbocycles. The first-order valence-electron chi connectivity index (χ1n) is 2.34. The molecule has 3 heteroatoms. The van der Waals surface area contributed by atoms with E-state index >= 15 is 0 Å². The van der Waals surface area contributed by atoms with Gasteiger partial charge in [0.05, 0.1) is 0 Å². The number of ether oxygens (including phenoxy) is 2. The third-order valence-corrected chi connectivity index (χ3v) is 1.18. The molecular formula is C6H12O2Y-2. The molecule has 0 aromatic heterocycles. The van der Waals surface area contributed by atoms with Crippen molar-refractivity contribution in [2.24, 2.45) is 0 Å². The zero-order valence-electron chi connectivity index (χ0n) is 6.02. The van der Waals surface area contributed by atoms with E-state index in [1.807, 2.05) is 6.92 Å². The molecule has 0 bridgehead atoms. The SMILES string of the molecule is [CH2-]CC1(C)OCO1.[CH3-].[Y]. The molecule has 2 nitrogen and oxygen atoms in total. The van der Waals surface area contributed by atoms with Crippen molar-refractivity contribution >= 4 is 0 Å². The normalized spacial score (nSPS) is 20.7. The summed E-state index contributed by atoms with van der Waals surface area (Å²) in [4.78, 5) is 0. The summed E-state index contributed by atoms with van der Waals surface area (Å²) in [5.41, 5.74) is 0. The Balaban J connectivity index is 0. The molecule has 0 aromatic carbocycles. The molecule has 0 aliphatic carbocycles. The maximum Gasteiger partial charge on any atom is 0.153 e. The van der Waals surface area contributed by atoms with Crippen molar-refractivity contribution in [2.75, 3.05) is 6.79 Å². The number of hydrogen-bond acceptors (Lipinski definition) is 2. The minimum Gasteiger partial charge on any atom is -0.358 e. The molecule has 1 radical (unpaired) electrons. The number of hydrogen-bond donors (Lipinski definition) is 0. The molecule has 0 aromatic rings. The first kappa shape index (κ1) is 12.7. The summed E-state index contributed by atoms with van der Waals surface area (Å²) in [7, 11) is 0. The van der Waals surface area contributed by atoms with Crippen LogP contribution in [0.1, 0.15) is 13.3 Å². The van der Waals surface area contributed by atoms with Crippen LogP contribution in [-0.2, 0) is 42.2 Å². The molecular weight excluding hydrogens is 193 g/mol. The van der Waals surface area contributed by atoms with Crippen molar-refractivity contribution in [3.8, 4) is 0 Å². The first-order chi connectivity index (χ1) is 3.27. The van der Waals surface area contributed by atoms with Gasteiger partial charge in [-0.2, -0.15) is 0 Å². The summed E-state index contributed by atoms with van der Waals surface area (Å²) in [5, 5.41) is 0. The van der Waals surface area contributed by atoms with Gasteiger partial charge in [-0.05, 0) is 6.92 Å². The predicted octanol–water partition coefficient (Wildman–Crippen LogP) is 1.38. The Kier molecular flexibility index (Phi) is 6.73. The minimum absolute atomic E-state index is 0. The van der Waals surface area contributed by atoms with Gasteiger partial charge in [-0.15, -0.1) is 6.42 Å². The second-order valence-electron chi connectivity index (χ2n) is 1.79. The Morgan fingerprint density at radius 2 is 2.00 bits per heavy atom. The van der Waals surface area contributed by atoms with Gasteiger partial charge in [0.15, 0.2) is 6.79 Å². The molecule has 1 heterocycles. The van der Waals surface area contributed by atoms with Crippen LogP contribution < -0.4 is 0 Å². The molecule has 53 valence electrons. The first-order valence-corrected chi connectivity index (χ1v) is 2.34. The van der Waals surface area contributed by atoms with E-state index in [0.29, 0.717) is 13.2 Å². The third-order valence-electron chi connectivity index (χ3n) is 1.18. The Bertz CT molecular complexity index is 65.9. The van der Waals surface area contributed by atoms with Gasteiger partial charge >= 0.3 is 0 Å². The number of rotatable bonds is 1. The molecule has 1 fully saturated rings. The quantitative estimate of drug-likeness (QED) is 0.602. The van der Waals surface area contributed by atoms with Crippen LogP contribution in [0.3, 0.4) is 0 Å². The van der Waals surface area contributed by atoms with Crippen molar-refractivity contribution in [2.45, 2.75) is 19.1 Å². The molecule has 0 N–H and O–H groups in total. The van der Waals surface area contributed by atoms with Crippen LogP contribution in [0.4, 0.5) is 0 Å². The Hall–Kier alpha value is 1.02. The average Bonchev–Trinajstić information content (AvgIpc) is 1.61. The summed E-state index contributed by atoms with van der Waals surface area (Å²) in [5.74, 6) is -0.347. The van der Waals surface area contributed by atoms with Crippen LogP contribution >= 0.6 is 0 Å². The topological polar surface area (TPSA) is 18.5 Å². The molecule has 0 unspecified atom stereocenters. The van der Waals surface area contributed by atoms with Crippen LogP contribution in [0, 0.1) is 14.4 Å². The fourth-order valence-corrected chi connectivity index (χ4v) is 0.404. The molecule has 0 spiro atoms. The molecule has 9 heavy (non-hydrogen) atoms. The van der Waals surface area contributed by atoms with Crippen LogP contribution in [-0.4, -0.2) is 12.6 Å². The van der Waals surface area contributed by atoms with Gasteiger partial charge < -0.3 is 23.8 Å². The monoisotopic (exact) mass is 205 g/mol. The second kappa shape index (κ2) is 4.78. The smallest absolute Gasteiger partial charge is 0.153 e. The van der Waals surface area contributed by atoms with Crippen molar-refractivity contribution in [3.63, 3.8) is 0 Å². The van der Waals surface area contributed by atoms with Gasteiger partial charge in [-0.3, -0.25) is 0 Å². The summed E-state index contributed by atoms with van der Waals surface area (Å²) in [6, 6.07) is 0. The Morgan fingerprint density at radius 1 is 1.56 bits per heavy atom.